The number of ether oxygens (including phenoxy) is 2. The summed E-state index contributed by atoms with van der Waals surface area (Å²) in [7, 11) is 4.19. The molecule has 0 aliphatic carbocycles. The molecule has 1 heterocycles. The Hall–Kier alpha value is -2.04. The fourth-order valence-corrected chi connectivity index (χ4v) is 2.84. The smallest absolute Gasteiger partial charge is 0.165 e. The topological polar surface area (TPSA) is 33.7 Å². The summed E-state index contributed by atoms with van der Waals surface area (Å²) in [5.74, 6) is 1.72. The number of hydrogen-bond acceptors (Lipinski definition) is 4. The zero-order valence-corrected chi connectivity index (χ0v) is 13.8. The van der Waals surface area contributed by atoms with E-state index in [1.54, 1.807) is 0 Å². The van der Waals surface area contributed by atoms with Crippen LogP contribution in [-0.4, -0.2) is 38.8 Å². The van der Waals surface area contributed by atoms with Gasteiger partial charge in [-0.1, -0.05) is 42.5 Å². The van der Waals surface area contributed by atoms with Gasteiger partial charge in [-0.05, 0) is 25.7 Å². The molecule has 2 aromatic rings. The van der Waals surface area contributed by atoms with E-state index in [1.807, 2.05) is 12.1 Å². The van der Waals surface area contributed by atoms with Crippen LogP contribution in [0, 0.1) is 0 Å². The molecule has 0 amide bonds. The summed E-state index contributed by atoms with van der Waals surface area (Å²) < 4.78 is 11.5. The maximum absolute atomic E-state index is 5.80. The number of nitrogens with one attached hydrogen (secondary N) is 1. The van der Waals surface area contributed by atoms with Crippen molar-refractivity contribution in [3.8, 4) is 11.5 Å². The fraction of sp³-hybridized carbons (Fsp3) is 0.368. The lowest BCUT2D eigenvalue weighted by Gasteiger charge is -2.25. The van der Waals surface area contributed by atoms with E-state index in [0.717, 1.165) is 30.2 Å². The van der Waals surface area contributed by atoms with E-state index in [-0.39, 0.29) is 6.04 Å². The molecule has 23 heavy (non-hydrogen) atoms. The van der Waals surface area contributed by atoms with Crippen LogP contribution in [0.1, 0.15) is 17.2 Å². The molecule has 0 fully saturated rings. The molecule has 4 nitrogen and oxygen atoms in total. The minimum Gasteiger partial charge on any atom is -0.486 e. The minimum absolute atomic E-state index is 0.270. The lowest BCUT2D eigenvalue weighted by molar-refractivity contribution is 0.169. The monoisotopic (exact) mass is 312 g/mol. The van der Waals surface area contributed by atoms with Crippen molar-refractivity contribution in [2.45, 2.75) is 12.6 Å². The van der Waals surface area contributed by atoms with Crippen LogP contribution >= 0.6 is 0 Å². The van der Waals surface area contributed by atoms with Gasteiger partial charge in [0.05, 0.1) is 0 Å². The first-order valence-electron chi connectivity index (χ1n) is 8.04. The molecule has 2 aromatic carbocycles. The van der Waals surface area contributed by atoms with Crippen LogP contribution in [0.3, 0.4) is 0 Å². The van der Waals surface area contributed by atoms with Gasteiger partial charge in [-0.25, -0.2) is 0 Å². The molecule has 0 saturated heterocycles. The highest BCUT2D eigenvalue weighted by atomic mass is 16.6. The number of para-hydroxylation sites is 1. The van der Waals surface area contributed by atoms with Crippen LogP contribution in [0.15, 0.2) is 48.5 Å². The normalized spacial score (nSPS) is 14.7. The zero-order chi connectivity index (χ0) is 16.1. The van der Waals surface area contributed by atoms with E-state index in [4.69, 9.17) is 9.47 Å². The molecule has 1 N–H and O–H groups in total. The maximum atomic E-state index is 5.80. The average molecular weight is 312 g/mol. The van der Waals surface area contributed by atoms with Crippen molar-refractivity contribution in [1.29, 1.82) is 0 Å². The van der Waals surface area contributed by atoms with Gasteiger partial charge in [0.15, 0.2) is 11.5 Å². The van der Waals surface area contributed by atoms with Gasteiger partial charge in [0, 0.05) is 24.7 Å². The van der Waals surface area contributed by atoms with E-state index in [1.165, 1.54) is 5.56 Å². The number of nitrogens with zero attached hydrogens (tertiary/aromatic N) is 1. The first kappa shape index (κ1) is 15.8. The van der Waals surface area contributed by atoms with Crippen LogP contribution in [-0.2, 0) is 6.54 Å². The Morgan fingerprint density at radius 2 is 1.78 bits per heavy atom. The van der Waals surface area contributed by atoms with E-state index < -0.39 is 0 Å². The summed E-state index contributed by atoms with van der Waals surface area (Å²) in [6.45, 7) is 2.93. The highest BCUT2D eigenvalue weighted by Gasteiger charge is 2.17. The number of hydrogen-bond donors (Lipinski definition) is 1. The minimum atomic E-state index is 0.270. The molecule has 122 valence electrons. The third-order valence-corrected chi connectivity index (χ3v) is 3.94. The summed E-state index contributed by atoms with van der Waals surface area (Å²) in [6.07, 6.45) is 0. The molecule has 1 aliphatic rings. The quantitative estimate of drug-likeness (QED) is 0.889. The van der Waals surface area contributed by atoms with E-state index >= 15 is 0 Å². The van der Waals surface area contributed by atoms with Gasteiger partial charge >= 0.3 is 0 Å². The van der Waals surface area contributed by atoms with Crippen LogP contribution < -0.4 is 14.8 Å². The molecule has 0 bridgehead atoms. The molecule has 3 rings (SSSR count). The molecule has 0 spiro atoms. The van der Waals surface area contributed by atoms with Gasteiger partial charge in [0.2, 0.25) is 0 Å². The van der Waals surface area contributed by atoms with Gasteiger partial charge in [-0.3, -0.25) is 0 Å². The number of likely N-dealkylation sites (N-methyl/N-ethyl adjacent to an activating group) is 1. The Morgan fingerprint density at radius 1 is 1.00 bits per heavy atom. The molecule has 0 aromatic heterocycles. The molecule has 1 aliphatic heterocycles. The second-order valence-electron chi connectivity index (χ2n) is 6.05. The molecule has 1 atom stereocenters. The largest absolute Gasteiger partial charge is 0.486 e. The Bertz CT molecular complexity index is 629. The van der Waals surface area contributed by atoms with Crippen LogP contribution in [0.4, 0.5) is 0 Å². The average Bonchev–Trinajstić information content (AvgIpc) is 2.59. The predicted octanol–water partition coefficient (Wildman–Crippen LogP) is 2.85. The predicted molar refractivity (Wildman–Crippen MR) is 92.0 cm³/mol. The van der Waals surface area contributed by atoms with Crippen molar-refractivity contribution < 1.29 is 9.47 Å². The summed E-state index contributed by atoms with van der Waals surface area (Å²) in [5.41, 5.74) is 2.44. The Balaban J connectivity index is 1.74. The Kier molecular flexibility index (Phi) is 5.16. The number of benzene rings is 2. The highest BCUT2D eigenvalue weighted by Crippen LogP contribution is 2.33. The third-order valence-electron chi connectivity index (χ3n) is 3.94. The van der Waals surface area contributed by atoms with Crippen molar-refractivity contribution in [2.24, 2.45) is 0 Å². The fourth-order valence-electron chi connectivity index (χ4n) is 2.84. The lowest BCUT2D eigenvalue weighted by Crippen LogP contribution is -2.31. The Morgan fingerprint density at radius 3 is 2.57 bits per heavy atom. The molecule has 0 radical (unpaired) electrons. The van der Waals surface area contributed by atoms with E-state index in [2.05, 4.69) is 60.7 Å². The van der Waals surface area contributed by atoms with Crippen LogP contribution in [0.5, 0.6) is 11.5 Å². The maximum Gasteiger partial charge on any atom is 0.165 e. The van der Waals surface area contributed by atoms with Crippen molar-refractivity contribution in [3.63, 3.8) is 0 Å². The first-order valence-corrected chi connectivity index (χ1v) is 8.04. The van der Waals surface area contributed by atoms with E-state index in [9.17, 15) is 0 Å². The second kappa shape index (κ2) is 7.49. The summed E-state index contributed by atoms with van der Waals surface area (Å²) in [5, 5.41) is 3.66. The van der Waals surface area contributed by atoms with Crippen molar-refractivity contribution in [2.75, 3.05) is 33.9 Å². The molecule has 1 unspecified atom stereocenters. The van der Waals surface area contributed by atoms with Crippen molar-refractivity contribution >= 4 is 0 Å². The first-order chi connectivity index (χ1) is 11.2. The number of fused-ring (bicyclic) bond motifs is 1. The zero-order valence-electron chi connectivity index (χ0n) is 13.8. The van der Waals surface area contributed by atoms with Crippen LogP contribution in [0.2, 0.25) is 0 Å². The van der Waals surface area contributed by atoms with Gasteiger partial charge in [0.25, 0.3) is 0 Å². The molecule has 4 heteroatoms. The van der Waals surface area contributed by atoms with Gasteiger partial charge < -0.3 is 19.7 Å². The molecule has 0 saturated carbocycles. The summed E-state index contributed by atoms with van der Waals surface area (Å²) >= 11 is 0. The summed E-state index contributed by atoms with van der Waals surface area (Å²) in [6, 6.07) is 16.9. The van der Waals surface area contributed by atoms with Crippen molar-refractivity contribution in [3.05, 3.63) is 59.7 Å². The molecular formula is C19H24N2O2. The summed E-state index contributed by atoms with van der Waals surface area (Å²) in [4.78, 5) is 2.20. The van der Waals surface area contributed by atoms with Gasteiger partial charge in [0.1, 0.15) is 13.2 Å². The highest BCUT2D eigenvalue weighted by molar-refractivity contribution is 5.47. The van der Waals surface area contributed by atoms with E-state index in [0.29, 0.717) is 13.2 Å². The van der Waals surface area contributed by atoms with Crippen LogP contribution in [0.25, 0.3) is 0 Å². The van der Waals surface area contributed by atoms with Gasteiger partial charge in [-0.15, -0.1) is 0 Å². The molecular weight excluding hydrogens is 288 g/mol. The SMILES string of the molecule is CN(C)CC(NCc1cccc2c1OCCO2)c1ccccc1. The second-order valence-corrected chi connectivity index (χ2v) is 6.05. The lowest BCUT2D eigenvalue weighted by atomic mass is 10.1. The third kappa shape index (κ3) is 4.03. The standard InChI is InChI=1S/C19H24N2O2/c1-21(2)14-17(15-7-4-3-5-8-15)20-13-16-9-6-10-18-19(16)23-12-11-22-18/h3-10,17,20H,11-14H2,1-2H3. The van der Waals surface area contributed by atoms with Gasteiger partial charge in [-0.2, -0.15) is 0 Å². The number of rotatable bonds is 6. The van der Waals surface area contributed by atoms with Crippen molar-refractivity contribution in [1.82, 2.24) is 10.2 Å². The Labute approximate surface area is 138 Å².